The molecule has 3 rings (SSSR count). The van der Waals surface area contributed by atoms with E-state index in [0.29, 0.717) is 10.9 Å². The molecule has 1 saturated carbocycles. The summed E-state index contributed by atoms with van der Waals surface area (Å²) in [5.41, 5.74) is 1.74. The van der Waals surface area contributed by atoms with E-state index < -0.39 is 12.6 Å². The number of ether oxygens (including phenoxy) is 1. The van der Waals surface area contributed by atoms with E-state index in [2.05, 4.69) is 12.1 Å². The zero-order valence-electron chi connectivity index (χ0n) is 14.0. The molecule has 0 heterocycles. The van der Waals surface area contributed by atoms with Gasteiger partial charge in [0.25, 0.3) is 0 Å². The maximum atomic E-state index is 10.8. The van der Waals surface area contributed by atoms with Gasteiger partial charge in [0.05, 0.1) is 11.2 Å². The van der Waals surface area contributed by atoms with Crippen LogP contribution in [0.1, 0.15) is 49.7 Å². The van der Waals surface area contributed by atoms with Gasteiger partial charge in [-0.1, -0.05) is 43.0 Å². The Morgan fingerprint density at radius 3 is 2.68 bits per heavy atom. The number of oxime groups is 1. The lowest BCUT2D eigenvalue weighted by atomic mass is 9.68. The number of halogens is 2. The van der Waals surface area contributed by atoms with E-state index >= 15 is 0 Å². The third-order valence-electron chi connectivity index (χ3n) is 5.74. The van der Waals surface area contributed by atoms with Crippen molar-refractivity contribution in [2.45, 2.75) is 44.9 Å². The molecule has 136 valence electrons. The molecule has 1 aromatic carbocycles. The Kier molecular flexibility index (Phi) is 5.16. The molecule has 2 atom stereocenters. The van der Waals surface area contributed by atoms with E-state index in [1.807, 2.05) is 0 Å². The van der Waals surface area contributed by atoms with Crippen molar-refractivity contribution in [2.24, 2.45) is 16.5 Å². The summed E-state index contributed by atoms with van der Waals surface area (Å²) in [6, 6.07) is 1.78. The first-order valence-corrected chi connectivity index (χ1v) is 9.17. The van der Waals surface area contributed by atoms with Crippen LogP contribution in [-0.2, 0) is 11.2 Å². The predicted octanol–water partition coefficient (Wildman–Crippen LogP) is 4.75. The Bertz CT molecular complexity index is 716. The van der Waals surface area contributed by atoms with Crippen LogP contribution in [-0.4, -0.2) is 29.1 Å². The van der Waals surface area contributed by atoms with Gasteiger partial charge in [0, 0.05) is 5.92 Å². The van der Waals surface area contributed by atoms with Gasteiger partial charge in [-0.2, -0.15) is 0 Å². The van der Waals surface area contributed by atoms with Crippen LogP contribution in [0.4, 0.5) is 0 Å². The number of benzene rings is 1. The number of hydrogen-bond donors (Lipinski definition) is 2. The molecule has 5 nitrogen and oxygen atoms in total. The zero-order chi connectivity index (χ0) is 18.2. The number of aliphatic carboxylic acids is 1. The molecule has 0 radical (unpaired) electrons. The summed E-state index contributed by atoms with van der Waals surface area (Å²) in [5, 5.41) is 21.9. The summed E-state index contributed by atoms with van der Waals surface area (Å²) in [6.45, 7) is 1.73. The largest absolute Gasteiger partial charge is 0.480 e. The van der Waals surface area contributed by atoms with Gasteiger partial charge in [-0.15, -0.1) is 5.16 Å². The number of hydrogen-bond acceptors (Lipinski definition) is 4. The smallest absolute Gasteiger partial charge is 0.341 e. The van der Waals surface area contributed by atoms with Crippen LogP contribution in [0, 0.1) is 11.3 Å². The molecule has 0 spiro atoms. The van der Waals surface area contributed by atoms with Crippen molar-refractivity contribution in [1.82, 2.24) is 0 Å². The summed E-state index contributed by atoms with van der Waals surface area (Å²) in [6.07, 6.45) is 7.03. The van der Waals surface area contributed by atoms with Gasteiger partial charge in [0.1, 0.15) is 10.8 Å². The van der Waals surface area contributed by atoms with E-state index in [9.17, 15) is 10.0 Å². The minimum Gasteiger partial charge on any atom is -0.480 e. The molecule has 0 bridgehead atoms. The Balaban J connectivity index is 2.04. The molecule has 1 aromatic rings. The van der Waals surface area contributed by atoms with Crippen molar-refractivity contribution in [3.05, 3.63) is 27.2 Å². The standard InChI is InChI=1S/C18H21Cl2NO4/c1-18(11-4-2-3-5-11)7-10-6-13(25-9-14(22)23)16(19)17(20)15(10)12(18)8-21-24/h6,8,11-12,24H,2-5,7,9H2,1H3,(H,22,23)/b21-8-. The monoisotopic (exact) mass is 385 g/mol. The third kappa shape index (κ3) is 3.20. The van der Waals surface area contributed by atoms with Crippen molar-refractivity contribution in [3.8, 4) is 5.75 Å². The van der Waals surface area contributed by atoms with Gasteiger partial charge in [-0.3, -0.25) is 0 Å². The highest BCUT2D eigenvalue weighted by Gasteiger charge is 2.49. The predicted molar refractivity (Wildman–Crippen MR) is 96.4 cm³/mol. The van der Waals surface area contributed by atoms with Crippen LogP contribution in [0.25, 0.3) is 0 Å². The van der Waals surface area contributed by atoms with Crippen molar-refractivity contribution in [3.63, 3.8) is 0 Å². The Hall–Kier alpha value is -1.46. The van der Waals surface area contributed by atoms with E-state index in [1.165, 1.54) is 12.8 Å². The highest BCUT2D eigenvalue weighted by Crippen LogP contribution is 2.58. The molecule has 0 aliphatic heterocycles. The zero-order valence-corrected chi connectivity index (χ0v) is 15.5. The van der Waals surface area contributed by atoms with Crippen molar-refractivity contribution < 1.29 is 19.8 Å². The Morgan fingerprint density at radius 1 is 1.40 bits per heavy atom. The average Bonchev–Trinajstić information content (AvgIpc) is 3.18. The molecular formula is C18H21Cl2NO4. The fourth-order valence-electron chi connectivity index (χ4n) is 4.54. The molecule has 0 amide bonds. The van der Waals surface area contributed by atoms with E-state index in [1.54, 1.807) is 12.3 Å². The van der Waals surface area contributed by atoms with Crippen molar-refractivity contribution in [2.75, 3.05) is 6.61 Å². The quantitative estimate of drug-likeness (QED) is 0.435. The second kappa shape index (κ2) is 7.04. The summed E-state index contributed by atoms with van der Waals surface area (Å²) in [4.78, 5) is 10.8. The number of carbonyl (C=O) groups is 1. The maximum absolute atomic E-state index is 10.8. The SMILES string of the molecule is CC1(C2CCCC2)Cc2cc(OCC(=O)O)c(Cl)c(Cl)c2C1/C=N\O. The lowest BCUT2D eigenvalue weighted by Crippen LogP contribution is -2.31. The van der Waals surface area contributed by atoms with Gasteiger partial charge >= 0.3 is 5.97 Å². The number of fused-ring (bicyclic) bond motifs is 1. The Labute approximate surface area is 156 Å². The first-order chi connectivity index (χ1) is 11.9. The summed E-state index contributed by atoms with van der Waals surface area (Å²) in [5.74, 6) is -0.410. The minimum atomic E-state index is -1.08. The second-order valence-electron chi connectivity index (χ2n) is 7.16. The third-order valence-corrected chi connectivity index (χ3v) is 6.61. The van der Waals surface area contributed by atoms with E-state index in [0.717, 1.165) is 30.4 Å². The fourth-order valence-corrected chi connectivity index (χ4v) is 5.08. The molecule has 2 N–H and O–H groups in total. The minimum absolute atomic E-state index is 0.108. The average molecular weight is 386 g/mol. The highest BCUT2D eigenvalue weighted by molar-refractivity contribution is 6.43. The molecule has 2 aliphatic carbocycles. The number of rotatable bonds is 5. The molecule has 25 heavy (non-hydrogen) atoms. The molecule has 7 heteroatoms. The van der Waals surface area contributed by atoms with E-state index in [4.69, 9.17) is 33.0 Å². The van der Waals surface area contributed by atoms with Crippen LogP contribution >= 0.6 is 23.2 Å². The lowest BCUT2D eigenvalue weighted by Gasteiger charge is -2.36. The van der Waals surface area contributed by atoms with Crippen LogP contribution < -0.4 is 4.74 Å². The summed E-state index contributed by atoms with van der Waals surface area (Å²) in [7, 11) is 0. The van der Waals surface area contributed by atoms with Gasteiger partial charge < -0.3 is 15.1 Å². The topological polar surface area (TPSA) is 79.1 Å². The first-order valence-electron chi connectivity index (χ1n) is 8.41. The van der Waals surface area contributed by atoms with Crippen molar-refractivity contribution >= 4 is 35.4 Å². The maximum Gasteiger partial charge on any atom is 0.341 e. The summed E-state index contributed by atoms with van der Waals surface area (Å²) >= 11 is 12.8. The van der Waals surface area contributed by atoms with E-state index in [-0.39, 0.29) is 22.1 Å². The summed E-state index contributed by atoms with van der Waals surface area (Å²) < 4.78 is 5.29. The van der Waals surface area contributed by atoms with Crippen LogP contribution in [0.3, 0.4) is 0 Å². The van der Waals surface area contributed by atoms with Gasteiger partial charge in [0.2, 0.25) is 0 Å². The first kappa shape index (κ1) is 18.3. The van der Waals surface area contributed by atoms with Crippen molar-refractivity contribution in [1.29, 1.82) is 0 Å². The van der Waals surface area contributed by atoms with Gasteiger partial charge in [-0.05, 0) is 47.8 Å². The van der Waals surface area contributed by atoms with Crippen LogP contribution in [0.5, 0.6) is 5.75 Å². The highest BCUT2D eigenvalue weighted by atomic mass is 35.5. The normalized spacial score (nSPS) is 26.3. The fraction of sp³-hybridized carbons (Fsp3) is 0.556. The molecule has 0 aromatic heterocycles. The van der Waals surface area contributed by atoms with Gasteiger partial charge in [-0.25, -0.2) is 4.79 Å². The number of nitrogens with zero attached hydrogens (tertiary/aromatic N) is 1. The lowest BCUT2D eigenvalue weighted by molar-refractivity contribution is -0.139. The Morgan fingerprint density at radius 2 is 2.08 bits per heavy atom. The van der Waals surface area contributed by atoms with Gasteiger partial charge in [0.15, 0.2) is 6.61 Å². The van der Waals surface area contributed by atoms with Crippen LogP contribution in [0.2, 0.25) is 10.0 Å². The molecular weight excluding hydrogens is 365 g/mol. The number of carboxylic acid groups (broad SMARTS) is 1. The molecule has 2 aliphatic rings. The number of carboxylic acids is 1. The second-order valence-corrected chi connectivity index (χ2v) is 7.92. The molecule has 0 saturated heterocycles. The molecule has 1 fully saturated rings. The van der Waals surface area contributed by atoms with Crippen LogP contribution in [0.15, 0.2) is 11.2 Å². The molecule has 2 unspecified atom stereocenters.